The van der Waals surface area contributed by atoms with Crippen LogP contribution >= 0.6 is 0 Å². The highest BCUT2D eigenvalue weighted by Gasteiger charge is 2.45. The molecule has 148 valence electrons. The summed E-state index contributed by atoms with van der Waals surface area (Å²) in [6.45, 7) is 0. The Bertz CT molecular complexity index is 678. The number of halogens is 5. The van der Waals surface area contributed by atoms with Crippen LogP contribution in [0.4, 0.5) is 22.0 Å². The standard InChI is InChI=1S/C20H22F5NO/c21-17-9-16(10-18(22)19(17)23)27-20(24,25)15-7-5-14(6-8-15)13-3-1-12(11-26)2-4-13/h9-10,12-15H,1-8H2. The highest BCUT2D eigenvalue weighted by atomic mass is 19.3. The van der Waals surface area contributed by atoms with Crippen molar-refractivity contribution in [1.29, 1.82) is 5.26 Å². The minimum atomic E-state index is -3.57. The third kappa shape index (κ3) is 4.53. The Morgan fingerprint density at radius 3 is 1.81 bits per heavy atom. The van der Waals surface area contributed by atoms with Crippen LogP contribution in [0.25, 0.3) is 0 Å². The number of hydrogen-bond donors (Lipinski definition) is 0. The SMILES string of the molecule is N#CC1CCC(C2CCC(C(F)(F)Oc3cc(F)c(F)c(F)c3)CC2)CC1. The summed E-state index contributed by atoms with van der Waals surface area (Å²) in [5, 5.41) is 8.97. The molecule has 2 aliphatic rings. The Hall–Kier alpha value is -1.84. The molecule has 0 aliphatic heterocycles. The minimum absolute atomic E-state index is 0.117. The maximum atomic E-state index is 14.4. The molecule has 0 N–H and O–H groups in total. The summed E-state index contributed by atoms with van der Waals surface area (Å²) in [6, 6.07) is 3.17. The molecule has 2 aliphatic carbocycles. The predicted molar refractivity (Wildman–Crippen MR) is 88.4 cm³/mol. The molecule has 0 saturated heterocycles. The molecule has 0 radical (unpaired) electrons. The van der Waals surface area contributed by atoms with Gasteiger partial charge in [0.15, 0.2) is 17.5 Å². The largest absolute Gasteiger partial charge is 0.432 e. The quantitative estimate of drug-likeness (QED) is 0.454. The second-order valence-electron chi connectivity index (χ2n) is 7.72. The van der Waals surface area contributed by atoms with Crippen molar-refractivity contribution in [2.45, 2.75) is 57.5 Å². The lowest BCUT2D eigenvalue weighted by molar-refractivity contribution is -0.224. The summed E-state index contributed by atoms with van der Waals surface area (Å²) in [5.41, 5.74) is 0. The zero-order valence-corrected chi connectivity index (χ0v) is 14.9. The van der Waals surface area contributed by atoms with Gasteiger partial charge in [0, 0.05) is 18.1 Å². The lowest BCUT2D eigenvalue weighted by atomic mass is 9.69. The van der Waals surface area contributed by atoms with Crippen LogP contribution in [-0.4, -0.2) is 6.11 Å². The van der Waals surface area contributed by atoms with E-state index in [4.69, 9.17) is 5.26 Å². The summed E-state index contributed by atoms with van der Waals surface area (Å²) in [5.74, 6) is -5.62. The molecular weight excluding hydrogens is 365 g/mol. The van der Waals surface area contributed by atoms with Crippen molar-refractivity contribution in [2.24, 2.45) is 23.7 Å². The van der Waals surface area contributed by atoms with E-state index in [1.165, 1.54) is 0 Å². The van der Waals surface area contributed by atoms with Crippen LogP contribution in [0, 0.1) is 52.5 Å². The maximum Gasteiger partial charge on any atom is 0.400 e. The predicted octanol–water partition coefficient (Wildman–Crippen LogP) is 6.21. The molecule has 1 aromatic carbocycles. The Labute approximate surface area is 155 Å². The minimum Gasteiger partial charge on any atom is -0.432 e. The molecule has 2 saturated carbocycles. The normalized spacial score (nSPS) is 29.2. The van der Waals surface area contributed by atoms with Crippen LogP contribution in [-0.2, 0) is 0 Å². The lowest BCUT2D eigenvalue weighted by Crippen LogP contribution is -2.38. The number of nitrogens with zero attached hydrogens (tertiary/aromatic N) is 1. The number of ether oxygens (including phenoxy) is 1. The zero-order chi connectivity index (χ0) is 19.6. The summed E-state index contributed by atoms with van der Waals surface area (Å²) < 4.78 is 72.8. The van der Waals surface area contributed by atoms with Crippen molar-refractivity contribution < 1.29 is 26.7 Å². The first-order valence-corrected chi connectivity index (χ1v) is 9.41. The van der Waals surface area contributed by atoms with Gasteiger partial charge in [0.05, 0.1) is 12.0 Å². The van der Waals surface area contributed by atoms with Crippen molar-refractivity contribution in [2.75, 3.05) is 0 Å². The molecule has 7 heteroatoms. The molecule has 0 unspecified atom stereocenters. The van der Waals surface area contributed by atoms with Crippen molar-refractivity contribution in [3.8, 4) is 11.8 Å². The molecule has 0 amide bonds. The van der Waals surface area contributed by atoms with Crippen molar-refractivity contribution in [1.82, 2.24) is 0 Å². The summed E-state index contributed by atoms with van der Waals surface area (Å²) >= 11 is 0. The molecule has 0 heterocycles. The average Bonchev–Trinajstić information content (AvgIpc) is 2.66. The topological polar surface area (TPSA) is 33.0 Å². The molecule has 0 atom stereocenters. The summed E-state index contributed by atoms with van der Waals surface area (Å²) in [6.07, 6.45) is 1.95. The van der Waals surface area contributed by atoms with E-state index in [1.54, 1.807) is 0 Å². The molecule has 2 nitrogen and oxygen atoms in total. The Morgan fingerprint density at radius 2 is 1.33 bits per heavy atom. The molecule has 0 spiro atoms. The van der Waals surface area contributed by atoms with E-state index in [2.05, 4.69) is 10.8 Å². The number of hydrogen-bond acceptors (Lipinski definition) is 2. The van der Waals surface area contributed by atoms with Crippen LogP contribution in [0.15, 0.2) is 12.1 Å². The van der Waals surface area contributed by atoms with Gasteiger partial charge in [0.1, 0.15) is 5.75 Å². The average molecular weight is 387 g/mol. The van der Waals surface area contributed by atoms with E-state index >= 15 is 0 Å². The van der Waals surface area contributed by atoms with Gasteiger partial charge in [0.25, 0.3) is 0 Å². The first kappa shape index (κ1) is 19.9. The highest BCUT2D eigenvalue weighted by Crippen LogP contribution is 2.45. The first-order valence-electron chi connectivity index (χ1n) is 9.41. The summed E-state index contributed by atoms with van der Waals surface area (Å²) in [7, 11) is 0. The van der Waals surface area contributed by atoms with E-state index in [0.717, 1.165) is 25.7 Å². The second-order valence-corrected chi connectivity index (χ2v) is 7.72. The number of rotatable bonds is 4. The van der Waals surface area contributed by atoms with E-state index in [1.807, 2.05) is 0 Å². The van der Waals surface area contributed by atoms with Crippen LogP contribution in [0.5, 0.6) is 5.75 Å². The third-order valence-electron chi connectivity index (χ3n) is 6.08. The van der Waals surface area contributed by atoms with Gasteiger partial charge >= 0.3 is 6.11 Å². The van der Waals surface area contributed by atoms with Crippen LogP contribution in [0.1, 0.15) is 51.4 Å². The van der Waals surface area contributed by atoms with E-state index in [0.29, 0.717) is 36.8 Å². The van der Waals surface area contributed by atoms with Crippen molar-refractivity contribution in [3.63, 3.8) is 0 Å². The van der Waals surface area contributed by atoms with Gasteiger partial charge in [-0.2, -0.15) is 14.0 Å². The van der Waals surface area contributed by atoms with Crippen molar-refractivity contribution in [3.05, 3.63) is 29.6 Å². The van der Waals surface area contributed by atoms with Gasteiger partial charge in [0.2, 0.25) is 0 Å². The van der Waals surface area contributed by atoms with Crippen molar-refractivity contribution >= 4 is 0 Å². The van der Waals surface area contributed by atoms with Crippen LogP contribution in [0.2, 0.25) is 0 Å². The fourth-order valence-corrected chi connectivity index (χ4v) is 4.48. The van der Waals surface area contributed by atoms with Gasteiger partial charge in [-0.3, -0.25) is 0 Å². The molecule has 1 aromatic rings. The number of nitriles is 1. The van der Waals surface area contributed by atoms with E-state index in [9.17, 15) is 22.0 Å². The molecular formula is C20H22F5NO. The molecule has 3 rings (SSSR count). The maximum absolute atomic E-state index is 14.4. The van der Waals surface area contributed by atoms with Gasteiger partial charge < -0.3 is 4.74 Å². The zero-order valence-electron chi connectivity index (χ0n) is 14.9. The third-order valence-corrected chi connectivity index (χ3v) is 6.08. The molecule has 0 bridgehead atoms. The van der Waals surface area contributed by atoms with Gasteiger partial charge in [-0.1, -0.05) is 0 Å². The summed E-state index contributed by atoms with van der Waals surface area (Å²) in [4.78, 5) is 0. The Balaban J connectivity index is 1.56. The van der Waals surface area contributed by atoms with Gasteiger partial charge in [-0.05, 0) is 63.2 Å². The fraction of sp³-hybridized carbons (Fsp3) is 0.650. The van der Waals surface area contributed by atoms with E-state index in [-0.39, 0.29) is 18.8 Å². The second kappa shape index (κ2) is 8.04. The molecule has 2 fully saturated rings. The Morgan fingerprint density at radius 1 is 0.852 bits per heavy atom. The molecule has 0 aromatic heterocycles. The van der Waals surface area contributed by atoms with E-state index < -0.39 is 35.2 Å². The van der Waals surface area contributed by atoms with Crippen LogP contribution in [0.3, 0.4) is 0 Å². The number of benzene rings is 1. The molecule has 27 heavy (non-hydrogen) atoms. The highest BCUT2D eigenvalue weighted by molar-refractivity contribution is 5.25. The first-order chi connectivity index (χ1) is 12.8. The van der Waals surface area contributed by atoms with Gasteiger partial charge in [-0.25, -0.2) is 13.2 Å². The van der Waals surface area contributed by atoms with Crippen LogP contribution < -0.4 is 4.74 Å². The smallest absolute Gasteiger partial charge is 0.400 e. The number of alkyl halides is 2. The lowest BCUT2D eigenvalue weighted by Gasteiger charge is -2.38. The Kier molecular flexibility index (Phi) is 5.92. The fourth-order valence-electron chi connectivity index (χ4n) is 4.48. The van der Waals surface area contributed by atoms with Gasteiger partial charge in [-0.15, -0.1) is 0 Å². The monoisotopic (exact) mass is 387 g/mol.